The molecule has 1 N–H and O–H groups in total. The van der Waals surface area contributed by atoms with E-state index in [1.807, 2.05) is 5.10 Å². The molecule has 0 saturated heterocycles. The molecule has 7 heteroatoms. The van der Waals surface area contributed by atoms with Gasteiger partial charge in [-0.25, -0.2) is 4.68 Å². The van der Waals surface area contributed by atoms with Gasteiger partial charge in [-0.3, -0.25) is 9.89 Å². The van der Waals surface area contributed by atoms with Gasteiger partial charge in [0, 0.05) is 9.64 Å². The van der Waals surface area contributed by atoms with Crippen LogP contribution < -0.4 is 5.56 Å². The van der Waals surface area contributed by atoms with Crippen LogP contribution in [0.5, 0.6) is 0 Å². The second-order valence-corrected chi connectivity index (χ2v) is 4.56. The lowest BCUT2D eigenvalue weighted by Gasteiger charge is -2.04. The highest BCUT2D eigenvalue weighted by atomic mass is 127. The van der Waals surface area contributed by atoms with E-state index in [9.17, 15) is 18.0 Å². The summed E-state index contributed by atoms with van der Waals surface area (Å²) in [5, 5.41) is 2.03. The molecule has 3 nitrogen and oxygen atoms in total. The van der Waals surface area contributed by atoms with Gasteiger partial charge >= 0.3 is 6.18 Å². The number of H-pyrrole nitrogens is 1. The van der Waals surface area contributed by atoms with E-state index in [-0.39, 0.29) is 0 Å². The van der Waals surface area contributed by atoms with Crippen molar-refractivity contribution in [2.24, 2.45) is 0 Å². The number of nitrogens with one attached hydrogen (secondary N) is 1. The average molecular weight is 354 g/mol. The van der Waals surface area contributed by atoms with Crippen LogP contribution in [0.4, 0.5) is 13.2 Å². The first-order valence-electron chi connectivity index (χ1n) is 4.53. The van der Waals surface area contributed by atoms with Crippen LogP contribution >= 0.6 is 22.6 Å². The lowest BCUT2D eigenvalue weighted by molar-refractivity contribution is -0.141. The second kappa shape index (κ2) is 4.21. The molecular weight excluding hydrogens is 348 g/mol. The van der Waals surface area contributed by atoms with E-state index in [0.29, 0.717) is 11.8 Å². The molecule has 0 amide bonds. The third kappa shape index (κ3) is 2.54. The summed E-state index contributed by atoms with van der Waals surface area (Å²) in [6.07, 6.45) is -4.55. The van der Waals surface area contributed by atoms with Crippen LogP contribution in [-0.4, -0.2) is 9.78 Å². The quantitative estimate of drug-likeness (QED) is 0.786. The molecule has 2 aromatic rings. The van der Waals surface area contributed by atoms with Crippen molar-refractivity contribution in [3.05, 3.63) is 49.9 Å². The van der Waals surface area contributed by atoms with Crippen molar-refractivity contribution < 1.29 is 13.2 Å². The van der Waals surface area contributed by atoms with Crippen molar-refractivity contribution >= 4 is 22.6 Å². The number of benzene rings is 1. The second-order valence-electron chi connectivity index (χ2n) is 3.32. The highest BCUT2D eigenvalue weighted by molar-refractivity contribution is 14.1. The maximum absolute atomic E-state index is 12.4. The molecule has 0 radical (unpaired) electrons. The van der Waals surface area contributed by atoms with Crippen LogP contribution in [-0.2, 0) is 6.18 Å². The summed E-state index contributed by atoms with van der Waals surface area (Å²) in [7, 11) is 0. The zero-order valence-corrected chi connectivity index (χ0v) is 10.4. The first-order valence-corrected chi connectivity index (χ1v) is 5.61. The Morgan fingerprint density at radius 3 is 2.24 bits per heavy atom. The Balaban J connectivity index is 2.50. The molecule has 0 bridgehead atoms. The zero-order chi connectivity index (χ0) is 12.6. The standard InChI is InChI=1S/C10H6F3IN2O/c11-10(12,13)8-5-9(17)16(15-8)7-3-1-6(14)2-4-7/h1-5,15H. The molecule has 90 valence electrons. The van der Waals surface area contributed by atoms with E-state index in [2.05, 4.69) is 22.6 Å². The number of rotatable bonds is 1. The SMILES string of the molecule is O=c1cc(C(F)(F)F)[nH]n1-c1ccc(I)cc1. The van der Waals surface area contributed by atoms with Crippen molar-refractivity contribution in [3.63, 3.8) is 0 Å². The van der Waals surface area contributed by atoms with Crippen LogP contribution in [0, 0.1) is 3.57 Å². The van der Waals surface area contributed by atoms with Gasteiger partial charge in [-0.2, -0.15) is 13.2 Å². The molecule has 0 unspecified atom stereocenters. The lowest BCUT2D eigenvalue weighted by atomic mass is 10.3. The minimum absolute atomic E-state index is 0.367. The first kappa shape index (κ1) is 12.2. The van der Waals surface area contributed by atoms with Gasteiger partial charge in [-0.15, -0.1) is 0 Å². The fourth-order valence-electron chi connectivity index (χ4n) is 1.32. The Hall–Kier alpha value is -1.25. The molecule has 2 rings (SSSR count). The summed E-state index contributed by atoms with van der Waals surface area (Å²) < 4.78 is 38.9. The molecule has 0 saturated carbocycles. The average Bonchev–Trinajstić information content (AvgIpc) is 2.61. The number of hydrogen-bond acceptors (Lipinski definition) is 1. The van der Waals surface area contributed by atoms with Crippen molar-refractivity contribution in [1.29, 1.82) is 0 Å². The predicted molar refractivity (Wildman–Crippen MR) is 64.1 cm³/mol. The summed E-state index contributed by atoms with van der Waals surface area (Å²) in [6.45, 7) is 0. The van der Waals surface area contributed by atoms with Gasteiger partial charge in [-0.1, -0.05) is 0 Å². The molecule has 17 heavy (non-hydrogen) atoms. The molecule has 0 aliphatic heterocycles. The Morgan fingerprint density at radius 1 is 1.18 bits per heavy atom. The number of halogens is 4. The number of aromatic amines is 1. The van der Waals surface area contributed by atoms with Gasteiger partial charge in [-0.05, 0) is 46.9 Å². The van der Waals surface area contributed by atoms with Crippen molar-refractivity contribution in [2.75, 3.05) is 0 Å². The molecule has 1 heterocycles. The molecule has 0 spiro atoms. The predicted octanol–water partition coefficient (Wildman–Crippen LogP) is 2.79. The number of nitrogens with zero attached hydrogens (tertiary/aromatic N) is 1. The third-order valence-electron chi connectivity index (χ3n) is 2.11. The molecule has 0 aliphatic carbocycles. The monoisotopic (exact) mass is 354 g/mol. The zero-order valence-electron chi connectivity index (χ0n) is 8.25. The Bertz CT molecular complexity index is 583. The van der Waals surface area contributed by atoms with Crippen LogP contribution in [0.1, 0.15) is 5.69 Å². The van der Waals surface area contributed by atoms with Gasteiger partial charge in [0.05, 0.1) is 5.69 Å². The van der Waals surface area contributed by atoms with Crippen LogP contribution in [0.25, 0.3) is 5.69 Å². The van der Waals surface area contributed by atoms with Crippen molar-refractivity contribution in [3.8, 4) is 5.69 Å². The van der Waals surface area contributed by atoms with Gasteiger partial charge in [0.1, 0.15) is 5.69 Å². The highest BCUT2D eigenvalue weighted by Crippen LogP contribution is 2.26. The lowest BCUT2D eigenvalue weighted by Crippen LogP contribution is -2.13. The Kier molecular flexibility index (Phi) is 3.02. The number of alkyl halides is 3. The van der Waals surface area contributed by atoms with Crippen LogP contribution in [0.3, 0.4) is 0 Å². The van der Waals surface area contributed by atoms with Gasteiger partial charge in [0.2, 0.25) is 0 Å². The number of aromatic nitrogens is 2. The normalized spacial score (nSPS) is 11.8. The molecule has 0 aliphatic rings. The largest absolute Gasteiger partial charge is 0.432 e. The highest BCUT2D eigenvalue weighted by Gasteiger charge is 2.33. The fraction of sp³-hybridized carbons (Fsp3) is 0.100. The maximum Gasteiger partial charge on any atom is 0.432 e. The molecule has 0 fully saturated rings. The maximum atomic E-state index is 12.4. The Labute approximate surface area is 107 Å². The summed E-state index contributed by atoms with van der Waals surface area (Å²) in [5.74, 6) is 0. The van der Waals surface area contributed by atoms with E-state index < -0.39 is 17.4 Å². The number of hydrogen-bond donors (Lipinski definition) is 1. The molecule has 0 atom stereocenters. The van der Waals surface area contributed by atoms with E-state index in [1.54, 1.807) is 24.3 Å². The van der Waals surface area contributed by atoms with E-state index in [4.69, 9.17) is 0 Å². The minimum atomic E-state index is -4.55. The van der Waals surface area contributed by atoms with Gasteiger partial charge in [0.25, 0.3) is 5.56 Å². The smallest absolute Gasteiger partial charge is 0.286 e. The van der Waals surface area contributed by atoms with Crippen LogP contribution in [0.2, 0.25) is 0 Å². The van der Waals surface area contributed by atoms with Gasteiger partial charge < -0.3 is 0 Å². The third-order valence-corrected chi connectivity index (χ3v) is 2.83. The molecule has 1 aromatic carbocycles. The Morgan fingerprint density at radius 2 is 1.76 bits per heavy atom. The first-order chi connectivity index (χ1) is 7.88. The van der Waals surface area contributed by atoms with E-state index >= 15 is 0 Å². The van der Waals surface area contributed by atoms with E-state index in [1.165, 1.54) is 0 Å². The summed E-state index contributed by atoms with van der Waals surface area (Å²) in [6, 6.07) is 7.09. The van der Waals surface area contributed by atoms with Crippen molar-refractivity contribution in [2.45, 2.75) is 6.18 Å². The van der Waals surface area contributed by atoms with Crippen molar-refractivity contribution in [1.82, 2.24) is 9.78 Å². The fourth-order valence-corrected chi connectivity index (χ4v) is 1.68. The minimum Gasteiger partial charge on any atom is -0.286 e. The van der Waals surface area contributed by atoms with Crippen LogP contribution in [0.15, 0.2) is 35.1 Å². The topological polar surface area (TPSA) is 37.8 Å². The molecular formula is C10H6F3IN2O. The summed E-state index contributed by atoms with van der Waals surface area (Å²) >= 11 is 2.07. The molecule has 1 aromatic heterocycles. The van der Waals surface area contributed by atoms with E-state index in [0.717, 1.165) is 8.25 Å². The summed E-state index contributed by atoms with van der Waals surface area (Å²) in [4.78, 5) is 11.4. The summed E-state index contributed by atoms with van der Waals surface area (Å²) in [5.41, 5.74) is -1.43. The van der Waals surface area contributed by atoms with Gasteiger partial charge in [0.15, 0.2) is 0 Å².